The average molecular weight is 368 g/mol. The van der Waals surface area contributed by atoms with Crippen LogP contribution in [0.3, 0.4) is 0 Å². The van der Waals surface area contributed by atoms with Crippen molar-refractivity contribution in [2.45, 2.75) is 0 Å². The predicted molar refractivity (Wildman–Crippen MR) is 94.4 cm³/mol. The van der Waals surface area contributed by atoms with Gasteiger partial charge in [-0.2, -0.15) is 9.50 Å². The lowest BCUT2D eigenvalue weighted by atomic mass is 10.2. The van der Waals surface area contributed by atoms with Crippen LogP contribution in [0.25, 0.3) is 22.4 Å². The number of hydrogen-bond acceptors (Lipinski definition) is 6. The van der Waals surface area contributed by atoms with Gasteiger partial charge in [-0.05, 0) is 36.4 Å². The van der Waals surface area contributed by atoms with E-state index in [4.69, 9.17) is 0 Å². The quantitative estimate of drug-likeness (QED) is 0.409. The van der Waals surface area contributed by atoms with Crippen molar-refractivity contribution in [2.75, 3.05) is 0 Å². The first-order valence-corrected chi connectivity index (χ1v) is 8.25. The van der Waals surface area contributed by atoms with Gasteiger partial charge in [0.2, 0.25) is 4.96 Å². The molecule has 0 bridgehead atoms. The number of nitro groups is 1. The van der Waals surface area contributed by atoms with Crippen molar-refractivity contribution < 1.29 is 9.31 Å². The standard InChI is InChI=1S/C17H9FN4O3S/c18-12-7-5-10(6-8-12)15-19-17-21(20-15)16(23)14(26-17)9-11-3-1-2-4-13(11)22(24)25/h1-9H/b14-9+. The second kappa shape index (κ2) is 6.12. The van der Waals surface area contributed by atoms with Gasteiger partial charge < -0.3 is 0 Å². The van der Waals surface area contributed by atoms with Crippen LogP contribution < -0.4 is 10.1 Å². The van der Waals surface area contributed by atoms with Crippen LogP contribution in [0.15, 0.2) is 53.3 Å². The van der Waals surface area contributed by atoms with E-state index in [1.165, 1.54) is 36.4 Å². The predicted octanol–water partition coefficient (Wildman–Crippen LogP) is 2.41. The Bertz CT molecular complexity index is 1250. The molecule has 0 aliphatic carbocycles. The van der Waals surface area contributed by atoms with Crippen molar-refractivity contribution in [1.82, 2.24) is 14.6 Å². The Hall–Kier alpha value is -3.46. The maximum Gasteiger partial charge on any atom is 0.291 e. The Morgan fingerprint density at radius 1 is 1.15 bits per heavy atom. The fourth-order valence-electron chi connectivity index (χ4n) is 2.47. The molecule has 2 aromatic heterocycles. The first-order chi connectivity index (χ1) is 12.5. The Morgan fingerprint density at radius 3 is 2.58 bits per heavy atom. The third kappa shape index (κ3) is 2.74. The Kier molecular flexibility index (Phi) is 3.77. The summed E-state index contributed by atoms with van der Waals surface area (Å²) < 4.78 is 14.4. The molecule has 2 heterocycles. The molecule has 0 atom stereocenters. The molecule has 0 amide bonds. The highest BCUT2D eigenvalue weighted by atomic mass is 32.1. The molecule has 0 saturated heterocycles. The van der Waals surface area contributed by atoms with Crippen molar-refractivity contribution in [2.24, 2.45) is 0 Å². The zero-order chi connectivity index (χ0) is 18.3. The number of nitrogens with zero attached hydrogens (tertiary/aromatic N) is 4. The molecule has 0 fully saturated rings. The second-order valence-electron chi connectivity index (χ2n) is 5.37. The summed E-state index contributed by atoms with van der Waals surface area (Å²) in [4.78, 5) is 27.8. The number of thiazole rings is 1. The zero-order valence-corrected chi connectivity index (χ0v) is 13.8. The molecular formula is C17H9FN4O3S. The molecule has 7 nitrogen and oxygen atoms in total. The molecule has 0 aliphatic rings. The average Bonchev–Trinajstić information content (AvgIpc) is 3.16. The SMILES string of the molecule is O=c1/c(=C\c2ccccc2[N+](=O)[O-])sc2nc(-c3ccc(F)cc3)nn12. The molecule has 0 radical (unpaired) electrons. The van der Waals surface area contributed by atoms with E-state index in [0.717, 1.165) is 15.9 Å². The molecule has 26 heavy (non-hydrogen) atoms. The maximum absolute atomic E-state index is 13.0. The van der Waals surface area contributed by atoms with Crippen molar-refractivity contribution in [3.63, 3.8) is 0 Å². The smallest absolute Gasteiger partial charge is 0.266 e. The van der Waals surface area contributed by atoms with E-state index in [-0.39, 0.29) is 11.5 Å². The topological polar surface area (TPSA) is 90.4 Å². The van der Waals surface area contributed by atoms with Crippen LogP contribution in [0.4, 0.5) is 10.1 Å². The molecule has 4 aromatic rings. The molecule has 0 aliphatic heterocycles. The van der Waals surface area contributed by atoms with Gasteiger partial charge in [0.25, 0.3) is 11.2 Å². The van der Waals surface area contributed by atoms with Crippen LogP contribution in [0, 0.1) is 15.9 Å². The summed E-state index contributed by atoms with van der Waals surface area (Å²) in [5.41, 5.74) is 0.422. The van der Waals surface area contributed by atoms with E-state index < -0.39 is 10.5 Å². The number of rotatable bonds is 3. The highest BCUT2D eigenvalue weighted by Crippen LogP contribution is 2.19. The number of halogens is 1. The number of aromatic nitrogens is 3. The monoisotopic (exact) mass is 368 g/mol. The van der Waals surface area contributed by atoms with Crippen LogP contribution in [0.2, 0.25) is 0 Å². The van der Waals surface area contributed by atoms with Gasteiger partial charge in [-0.25, -0.2) is 4.39 Å². The Labute approximate surface area is 148 Å². The molecule has 128 valence electrons. The lowest BCUT2D eigenvalue weighted by molar-refractivity contribution is -0.385. The fourth-order valence-corrected chi connectivity index (χ4v) is 3.37. The van der Waals surface area contributed by atoms with Gasteiger partial charge in [0.15, 0.2) is 5.82 Å². The maximum atomic E-state index is 13.0. The van der Waals surface area contributed by atoms with Crippen LogP contribution in [0.1, 0.15) is 5.56 Å². The molecule has 2 aromatic carbocycles. The number of hydrogen-bond donors (Lipinski definition) is 0. The lowest BCUT2D eigenvalue weighted by Crippen LogP contribution is -2.23. The van der Waals surface area contributed by atoms with E-state index in [2.05, 4.69) is 10.1 Å². The molecule has 4 rings (SSSR count). The van der Waals surface area contributed by atoms with E-state index in [9.17, 15) is 19.3 Å². The van der Waals surface area contributed by atoms with Gasteiger partial charge in [0, 0.05) is 11.6 Å². The normalized spacial score (nSPS) is 12.0. The van der Waals surface area contributed by atoms with E-state index >= 15 is 0 Å². The minimum Gasteiger partial charge on any atom is -0.266 e. The van der Waals surface area contributed by atoms with Crippen molar-refractivity contribution in [3.05, 3.63) is 84.9 Å². The van der Waals surface area contributed by atoms with Crippen molar-refractivity contribution in [1.29, 1.82) is 0 Å². The van der Waals surface area contributed by atoms with Crippen molar-refractivity contribution in [3.8, 4) is 11.4 Å². The molecule has 0 unspecified atom stereocenters. The molecule has 0 N–H and O–H groups in total. The summed E-state index contributed by atoms with van der Waals surface area (Å²) in [6, 6.07) is 11.8. The third-order valence-corrected chi connectivity index (χ3v) is 4.66. The third-order valence-electron chi connectivity index (χ3n) is 3.70. The molecule has 0 saturated carbocycles. The second-order valence-corrected chi connectivity index (χ2v) is 6.38. The van der Waals surface area contributed by atoms with Gasteiger partial charge in [-0.15, -0.1) is 5.10 Å². The molecule has 0 spiro atoms. The first-order valence-electron chi connectivity index (χ1n) is 7.43. The van der Waals surface area contributed by atoms with E-state index in [1.807, 2.05) is 0 Å². The molecule has 9 heteroatoms. The summed E-state index contributed by atoms with van der Waals surface area (Å²) in [6.45, 7) is 0. The minimum absolute atomic E-state index is 0.0853. The first kappa shape index (κ1) is 16.0. The van der Waals surface area contributed by atoms with Crippen molar-refractivity contribution >= 4 is 28.1 Å². The molecular weight excluding hydrogens is 359 g/mol. The Balaban J connectivity index is 1.83. The highest BCUT2D eigenvalue weighted by Gasteiger charge is 2.14. The van der Waals surface area contributed by atoms with Gasteiger partial charge in [-0.3, -0.25) is 14.9 Å². The summed E-state index contributed by atoms with van der Waals surface area (Å²) in [6.07, 6.45) is 1.46. The number of nitro benzene ring substituents is 1. The van der Waals surface area contributed by atoms with Gasteiger partial charge in [0.1, 0.15) is 5.82 Å². The zero-order valence-electron chi connectivity index (χ0n) is 13.0. The minimum atomic E-state index is -0.500. The van der Waals surface area contributed by atoms with E-state index in [0.29, 0.717) is 26.4 Å². The fraction of sp³-hybridized carbons (Fsp3) is 0. The lowest BCUT2D eigenvalue weighted by Gasteiger charge is -1.95. The van der Waals surface area contributed by atoms with Gasteiger partial charge >= 0.3 is 0 Å². The van der Waals surface area contributed by atoms with Crippen LogP contribution >= 0.6 is 11.3 Å². The van der Waals surface area contributed by atoms with Crippen LogP contribution in [0.5, 0.6) is 0 Å². The van der Waals surface area contributed by atoms with Gasteiger partial charge in [-0.1, -0.05) is 23.5 Å². The summed E-state index contributed by atoms with van der Waals surface area (Å²) >= 11 is 1.08. The number of para-hydroxylation sites is 1. The Morgan fingerprint density at radius 2 is 1.88 bits per heavy atom. The number of benzene rings is 2. The van der Waals surface area contributed by atoms with Crippen LogP contribution in [-0.2, 0) is 0 Å². The highest BCUT2D eigenvalue weighted by molar-refractivity contribution is 7.15. The van der Waals surface area contributed by atoms with Gasteiger partial charge in [0.05, 0.1) is 15.0 Å². The number of fused-ring (bicyclic) bond motifs is 1. The summed E-state index contributed by atoms with van der Waals surface area (Å²) in [7, 11) is 0. The van der Waals surface area contributed by atoms with Crippen LogP contribution in [-0.4, -0.2) is 19.5 Å². The summed E-state index contributed by atoms with van der Waals surface area (Å²) in [5.74, 6) is -0.0637. The summed E-state index contributed by atoms with van der Waals surface area (Å²) in [5, 5.41) is 15.3. The largest absolute Gasteiger partial charge is 0.291 e. The van der Waals surface area contributed by atoms with E-state index in [1.54, 1.807) is 18.2 Å².